The summed E-state index contributed by atoms with van der Waals surface area (Å²) >= 11 is 0. The number of aromatic nitrogens is 2. The van der Waals surface area contributed by atoms with Gasteiger partial charge >= 0.3 is 12.1 Å². The number of amides is 1. The van der Waals surface area contributed by atoms with Crippen LogP contribution in [0.5, 0.6) is 0 Å². The number of nitrogen functional groups attached to an aromatic ring is 2. The largest absolute Gasteiger partial charge is 0.471 e. The van der Waals surface area contributed by atoms with Crippen LogP contribution in [0.25, 0.3) is 0 Å². The molecule has 0 fully saturated rings. The number of anilines is 3. The van der Waals surface area contributed by atoms with Gasteiger partial charge < -0.3 is 16.8 Å². The minimum atomic E-state index is -5.13. The van der Waals surface area contributed by atoms with Gasteiger partial charge in [-0.05, 0) is 0 Å². The number of hydrogen-bond acceptors (Lipinski definition) is 5. The van der Waals surface area contributed by atoms with Crippen molar-refractivity contribution in [2.45, 2.75) is 6.18 Å². The van der Waals surface area contributed by atoms with Gasteiger partial charge in [-0.3, -0.25) is 14.2 Å². The van der Waals surface area contributed by atoms with Crippen LogP contribution in [0.3, 0.4) is 0 Å². The molecule has 0 bridgehead atoms. The monoisotopic (exact) mass is 251 g/mol. The number of rotatable bonds is 1. The van der Waals surface area contributed by atoms with Gasteiger partial charge in [-0.2, -0.15) is 18.2 Å². The van der Waals surface area contributed by atoms with Crippen LogP contribution in [0.2, 0.25) is 0 Å². The normalized spacial score (nSPS) is 11.3. The summed E-state index contributed by atoms with van der Waals surface area (Å²) in [6, 6.07) is 0. The third-order valence-corrected chi connectivity index (χ3v) is 1.85. The van der Waals surface area contributed by atoms with Crippen molar-refractivity contribution in [3.8, 4) is 0 Å². The predicted molar refractivity (Wildman–Crippen MR) is 53.0 cm³/mol. The third-order valence-electron chi connectivity index (χ3n) is 1.85. The smallest absolute Gasteiger partial charge is 0.382 e. The lowest BCUT2D eigenvalue weighted by Crippen LogP contribution is -2.35. The van der Waals surface area contributed by atoms with Crippen molar-refractivity contribution in [3.63, 3.8) is 0 Å². The number of alkyl halides is 3. The second-order valence-electron chi connectivity index (χ2n) is 3.05. The number of nitrogens with one attached hydrogen (secondary N) is 1. The van der Waals surface area contributed by atoms with Gasteiger partial charge in [0.25, 0.3) is 5.56 Å². The van der Waals surface area contributed by atoms with Gasteiger partial charge in [0, 0.05) is 7.05 Å². The first kappa shape index (κ1) is 12.8. The quantitative estimate of drug-likeness (QED) is 0.619. The molecule has 0 saturated carbocycles. The zero-order chi connectivity index (χ0) is 13.4. The van der Waals surface area contributed by atoms with Crippen molar-refractivity contribution >= 4 is 23.4 Å². The minimum absolute atomic E-state index is 0.280. The maximum Gasteiger partial charge on any atom is 0.471 e. The Morgan fingerprint density at radius 3 is 2.41 bits per heavy atom. The van der Waals surface area contributed by atoms with Crippen molar-refractivity contribution in [1.82, 2.24) is 9.55 Å². The van der Waals surface area contributed by atoms with Crippen LogP contribution in [0, 0.1) is 0 Å². The Hall–Kier alpha value is -2.26. The highest BCUT2D eigenvalue weighted by Crippen LogP contribution is 2.19. The highest BCUT2D eigenvalue weighted by Gasteiger charge is 2.39. The molecule has 0 saturated heterocycles. The molecule has 0 spiro atoms. The molecule has 1 amide bonds. The molecule has 0 atom stereocenters. The fourth-order valence-electron chi connectivity index (χ4n) is 0.938. The van der Waals surface area contributed by atoms with Crippen LogP contribution in [0.1, 0.15) is 0 Å². The second kappa shape index (κ2) is 3.96. The highest BCUT2D eigenvalue weighted by molar-refractivity contribution is 5.96. The molecule has 0 radical (unpaired) electrons. The van der Waals surface area contributed by atoms with Gasteiger partial charge in [0.1, 0.15) is 0 Å². The first-order valence-corrected chi connectivity index (χ1v) is 4.14. The van der Waals surface area contributed by atoms with Crippen molar-refractivity contribution in [2.24, 2.45) is 7.05 Å². The van der Waals surface area contributed by atoms with E-state index in [9.17, 15) is 22.8 Å². The zero-order valence-corrected chi connectivity index (χ0v) is 8.50. The van der Waals surface area contributed by atoms with Crippen LogP contribution in [0.15, 0.2) is 4.79 Å². The van der Waals surface area contributed by atoms with Crippen LogP contribution in [0.4, 0.5) is 30.6 Å². The molecule has 1 aromatic rings. The summed E-state index contributed by atoms with van der Waals surface area (Å²) in [5.41, 5.74) is 8.70. The SMILES string of the molecule is Cn1c(N)nc(N)c(NC(=O)C(F)(F)F)c1=O. The molecule has 0 unspecified atom stereocenters. The van der Waals surface area contributed by atoms with Crippen LogP contribution < -0.4 is 22.3 Å². The molecule has 0 aliphatic heterocycles. The lowest BCUT2D eigenvalue weighted by molar-refractivity contribution is -0.167. The van der Waals surface area contributed by atoms with E-state index in [1.54, 1.807) is 0 Å². The number of carbonyl (C=O) groups excluding carboxylic acids is 1. The number of carbonyl (C=O) groups is 1. The molecule has 0 aliphatic rings. The van der Waals surface area contributed by atoms with E-state index >= 15 is 0 Å². The molecule has 0 aromatic carbocycles. The topological polar surface area (TPSA) is 116 Å². The van der Waals surface area contributed by atoms with E-state index in [1.807, 2.05) is 0 Å². The predicted octanol–water partition coefficient (Wildman–Crippen LogP) is -0.555. The Balaban J connectivity index is 3.22. The molecule has 1 aromatic heterocycles. The Labute approximate surface area is 92.2 Å². The molecule has 94 valence electrons. The van der Waals surface area contributed by atoms with Gasteiger partial charge in [0.15, 0.2) is 11.5 Å². The fraction of sp³-hybridized carbons (Fsp3) is 0.286. The lowest BCUT2D eigenvalue weighted by Gasteiger charge is -2.11. The molecule has 1 heterocycles. The maximum absolute atomic E-state index is 12.0. The summed E-state index contributed by atoms with van der Waals surface area (Å²) in [6.07, 6.45) is -5.13. The van der Waals surface area contributed by atoms with E-state index in [4.69, 9.17) is 11.5 Å². The van der Waals surface area contributed by atoms with Gasteiger partial charge in [0.05, 0.1) is 0 Å². The van der Waals surface area contributed by atoms with Crippen molar-refractivity contribution in [1.29, 1.82) is 0 Å². The Morgan fingerprint density at radius 1 is 1.41 bits per heavy atom. The van der Waals surface area contributed by atoms with E-state index in [0.29, 0.717) is 0 Å². The summed E-state index contributed by atoms with van der Waals surface area (Å²) in [5.74, 6) is -3.17. The Kier molecular flexibility index (Phi) is 2.98. The van der Waals surface area contributed by atoms with Crippen molar-refractivity contribution < 1.29 is 18.0 Å². The van der Waals surface area contributed by atoms with E-state index in [-0.39, 0.29) is 5.95 Å². The fourth-order valence-corrected chi connectivity index (χ4v) is 0.938. The van der Waals surface area contributed by atoms with E-state index in [0.717, 1.165) is 4.57 Å². The van der Waals surface area contributed by atoms with E-state index in [2.05, 4.69) is 4.98 Å². The summed E-state index contributed by atoms with van der Waals surface area (Å²) in [7, 11) is 1.17. The van der Waals surface area contributed by atoms with Gasteiger partial charge in [-0.25, -0.2) is 0 Å². The number of halogens is 3. The van der Waals surface area contributed by atoms with Gasteiger partial charge in [-0.1, -0.05) is 0 Å². The number of nitrogens with zero attached hydrogens (tertiary/aromatic N) is 2. The summed E-state index contributed by atoms with van der Waals surface area (Å²) in [4.78, 5) is 25.5. The standard InChI is InChI=1S/C7H8F3N5O2/c1-15-4(16)2(3(11)14-6(15)12)13-5(17)7(8,9)10/h11H2,1H3,(H2,12,14)(H,13,17). The minimum Gasteiger partial charge on any atom is -0.382 e. The van der Waals surface area contributed by atoms with Crippen LogP contribution in [-0.2, 0) is 11.8 Å². The van der Waals surface area contributed by atoms with E-state index in [1.165, 1.54) is 12.4 Å². The average molecular weight is 251 g/mol. The van der Waals surface area contributed by atoms with Gasteiger partial charge in [0.2, 0.25) is 5.95 Å². The molecule has 17 heavy (non-hydrogen) atoms. The third kappa shape index (κ3) is 2.46. The number of hydrogen-bond donors (Lipinski definition) is 3. The van der Waals surface area contributed by atoms with Crippen LogP contribution >= 0.6 is 0 Å². The zero-order valence-electron chi connectivity index (χ0n) is 8.50. The molecular weight excluding hydrogens is 243 g/mol. The van der Waals surface area contributed by atoms with Gasteiger partial charge in [-0.15, -0.1) is 0 Å². The first-order chi connectivity index (χ1) is 7.64. The molecule has 0 aliphatic carbocycles. The Bertz CT molecular complexity index is 521. The average Bonchev–Trinajstić information content (AvgIpc) is 2.19. The van der Waals surface area contributed by atoms with E-state index < -0.39 is 29.1 Å². The summed E-state index contributed by atoms with van der Waals surface area (Å²) in [5, 5.41) is 1.35. The first-order valence-electron chi connectivity index (χ1n) is 4.14. The molecule has 1 rings (SSSR count). The number of nitrogens with two attached hydrogens (primary N) is 2. The summed E-state index contributed by atoms with van der Waals surface area (Å²) in [6.45, 7) is 0. The molecular formula is C7H8F3N5O2. The molecule has 7 nitrogen and oxygen atoms in total. The lowest BCUT2D eigenvalue weighted by atomic mass is 10.4. The molecule has 10 heteroatoms. The Morgan fingerprint density at radius 2 is 1.94 bits per heavy atom. The summed E-state index contributed by atoms with van der Waals surface area (Å²) < 4.78 is 36.7. The molecule has 5 N–H and O–H groups in total. The maximum atomic E-state index is 12.0. The van der Waals surface area contributed by atoms with Crippen LogP contribution in [-0.4, -0.2) is 21.6 Å². The second-order valence-corrected chi connectivity index (χ2v) is 3.05. The van der Waals surface area contributed by atoms with Crippen molar-refractivity contribution in [2.75, 3.05) is 16.8 Å². The van der Waals surface area contributed by atoms with Crippen molar-refractivity contribution in [3.05, 3.63) is 10.4 Å². The highest BCUT2D eigenvalue weighted by atomic mass is 19.4.